The van der Waals surface area contributed by atoms with E-state index in [1.165, 1.54) is 0 Å². The molecular weight excluding hydrogens is 266 g/mol. The molecule has 0 aromatic heterocycles. The van der Waals surface area contributed by atoms with Crippen LogP contribution in [0.3, 0.4) is 0 Å². The van der Waals surface area contributed by atoms with E-state index in [0.29, 0.717) is 19.4 Å². The number of carbonyl (C=O) groups is 4. The van der Waals surface area contributed by atoms with E-state index in [4.69, 9.17) is 5.11 Å². The van der Waals surface area contributed by atoms with Crippen molar-refractivity contribution in [3.63, 3.8) is 0 Å². The van der Waals surface area contributed by atoms with Crippen LogP contribution in [-0.4, -0.2) is 42.0 Å². The molecule has 0 spiro atoms. The molecule has 0 saturated carbocycles. The van der Waals surface area contributed by atoms with Gasteiger partial charge in [0.25, 0.3) is 0 Å². The Balaban J connectivity index is 3.62. The minimum atomic E-state index is -0.909. The number of hydrogen-bond donors (Lipinski definition) is 4. The third kappa shape index (κ3) is 11.0. The van der Waals surface area contributed by atoms with E-state index in [9.17, 15) is 19.2 Å². The van der Waals surface area contributed by atoms with Crippen LogP contribution in [0.15, 0.2) is 0 Å². The van der Waals surface area contributed by atoms with Crippen LogP contribution in [-0.2, 0) is 14.4 Å². The molecule has 0 aliphatic heterocycles. The smallest absolute Gasteiger partial charge is 0.321 e. The number of imide groups is 1. The van der Waals surface area contributed by atoms with E-state index >= 15 is 0 Å². The summed E-state index contributed by atoms with van der Waals surface area (Å²) < 4.78 is 0. The molecular formula is C12H21N3O5. The van der Waals surface area contributed by atoms with Crippen LogP contribution in [0, 0.1) is 0 Å². The van der Waals surface area contributed by atoms with Crippen molar-refractivity contribution in [1.82, 2.24) is 16.0 Å². The summed E-state index contributed by atoms with van der Waals surface area (Å²) in [5, 5.41) is 15.5. The molecule has 0 aromatic carbocycles. The van der Waals surface area contributed by atoms with E-state index in [1.54, 1.807) is 6.92 Å². The summed E-state index contributed by atoms with van der Waals surface area (Å²) >= 11 is 0. The summed E-state index contributed by atoms with van der Waals surface area (Å²) in [6.07, 6.45) is 1.04. The van der Waals surface area contributed by atoms with Crippen LogP contribution in [0.1, 0.15) is 39.0 Å². The molecule has 0 aliphatic carbocycles. The van der Waals surface area contributed by atoms with E-state index in [2.05, 4.69) is 16.0 Å². The summed E-state index contributed by atoms with van der Waals surface area (Å²) in [5.74, 6) is -1.55. The fourth-order valence-corrected chi connectivity index (χ4v) is 1.37. The second-order valence-corrected chi connectivity index (χ2v) is 4.11. The molecule has 0 aromatic rings. The lowest BCUT2D eigenvalue weighted by Gasteiger charge is -2.06. The van der Waals surface area contributed by atoms with Gasteiger partial charge in [0.2, 0.25) is 11.8 Å². The number of carboxylic acid groups (broad SMARTS) is 1. The van der Waals surface area contributed by atoms with Gasteiger partial charge in [0.15, 0.2) is 0 Å². The van der Waals surface area contributed by atoms with E-state index < -0.39 is 17.9 Å². The van der Waals surface area contributed by atoms with E-state index in [-0.39, 0.29) is 31.7 Å². The van der Waals surface area contributed by atoms with Gasteiger partial charge in [-0.25, -0.2) is 4.79 Å². The predicted molar refractivity (Wildman–Crippen MR) is 70.9 cm³/mol. The molecule has 0 bridgehead atoms. The van der Waals surface area contributed by atoms with Crippen molar-refractivity contribution in [1.29, 1.82) is 0 Å². The van der Waals surface area contributed by atoms with Crippen LogP contribution in [0.5, 0.6) is 0 Å². The lowest BCUT2D eigenvalue weighted by atomic mass is 10.2. The van der Waals surface area contributed by atoms with Crippen molar-refractivity contribution in [3.05, 3.63) is 0 Å². The Kier molecular flexibility index (Phi) is 9.63. The molecule has 114 valence electrons. The Bertz CT molecular complexity index is 357. The van der Waals surface area contributed by atoms with Crippen molar-refractivity contribution >= 4 is 23.8 Å². The van der Waals surface area contributed by atoms with Crippen molar-refractivity contribution in [2.75, 3.05) is 13.1 Å². The highest BCUT2D eigenvalue weighted by atomic mass is 16.4. The first kappa shape index (κ1) is 17.9. The van der Waals surface area contributed by atoms with E-state index in [0.717, 1.165) is 0 Å². The highest BCUT2D eigenvalue weighted by Gasteiger charge is 2.08. The first-order chi connectivity index (χ1) is 9.45. The highest BCUT2D eigenvalue weighted by molar-refractivity contribution is 5.94. The quantitative estimate of drug-likeness (QED) is 0.444. The minimum Gasteiger partial charge on any atom is -0.481 e. The van der Waals surface area contributed by atoms with Crippen molar-refractivity contribution in [2.24, 2.45) is 0 Å². The monoisotopic (exact) mass is 287 g/mol. The summed E-state index contributed by atoms with van der Waals surface area (Å²) in [7, 11) is 0. The van der Waals surface area contributed by atoms with Gasteiger partial charge < -0.3 is 15.7 Å². The maximum atomic E-state index is 11.3. The molecule has 0 saturated heterocycles. The van der Waals surface area contributed by atoms with Crippen molar-refractivity contribution in [3.8, 4) is 0 Å². The molecule has 0 heterocycles. The first-order valence-electron chi connectivity index (χ1n) is 6.51. The second kappa shape index (κ2) is 10.8. The molecule has 8 nitrogen and oxygen atoms in total. The summed E-state index contributed by atoms with van der Waals surface area (Å²) in [6.45, 7) is 2.46. The molecule has 4 N–H and O–H groups in total. The summed E-state index contributed by atoms with van der Waals surface area (Å²) in [6, 6.07) is -0.655. The average molecular weight is 287 g/mol. The number of nitrogens with one attached hydrogen (secondary N) is 3. The largest absolute Gasteiger partial charge is 0.481 e. The molecule has 20 heavy (non-hydrogen) atoms. The number of carbonyl (C=O) groups excluding carboxylic acids is 3. The SMILES string of the molecule is CCNC(=O)CCNC(=O)NC(=O)CCCCC(=O)O. The van der Waals surface area contributed by atoms with Gasteiger partial charge >= 0.3 is 12.0 Å². The maximum Gasteiger partial charge on any atom is 0.321 e. The molecule has 0 rings (SSSR count). The number of amides is 4. The molecule has 8 heteroatoms. The van der Waals surface area contributed by atoms with Gasteiger partial charge in [0.1, 0.15) is 0 Å². The van der Waals surface area contributed by atoms with Gasteiger partial charge in [-0.1, -0.05) is 0 Å². The number of rotatable bonds is 9. The van der Waals surface area contributed by atoms with Crippen LogP contribution < -0.4 is 16.0 Å². The van der Waals surface area contributed by atoms with Gasteiger partial charge in [-0.2, -0.15) is 0 Å². The Morgan fingerprint density at radius 3 is 2.15 bits per heavy atom. The third-order valence-electron chi connectivity index (χ3n) is 2.31. The lowest BCUT2D eigenvalue weighted by molar-refractivity contribution is -0.137. The van der Waals surface area contributed by atoms with Gasteiger partial charge in [0.05, 0.1) is 0 Å². The second-order valence-electron chi connectivity index (χ2n) is 4.11. The molecule has 0 unspecified atom stereocenters. The number of urea groups is 1. The zero-order chi connectivity index (χ0) is 15.4. The van der Waals surface area contributed by atoms with Crippen LogP contribution in [0.4, 0.5) is 4.79 Å². The van der Waals surface area contributed by atoms with Crippen LogP contribution in [0.25, 0.3) is 0 Å². The van der Waals surface area contributed by atoms with Crippen molar-refractivity contribution < 1.29 is 24.3 Å². The molecule has 0 radical (unpaired) electrons. The fraction of sp³-hybridized carbons (Fsp3) is 0.667. The zero-order valence-electron chi connectivity index (χ0n) is 11.5. The van der Waals surface area contributed by atoms with Crippen molar-refractivity contribution in [2.45, 2.75) is 39.0 Å². The lowest BCUT2D eigenvalue weighted by Crippen LogP contribution is -2.40. The number of unbranched alkanes of at least 4 members (excludes halogenated alkanes) is 1. The Morgan fingerprint density at radius 1 is 0.900 bits per heavy atom. The molecule has 4 amide bonds. The Morgan fingerprint density at radius 2 is 1.55 bits per heavy atom. The Hall–Kier alpha value is -2.12. The van der Waals surface area contributed by atoms with E-state index in [1.807, 2.05) is 0 Å². The molecule has 0 atom stereocenters. The average Bonchev–Trinajstić information content (AvgIpc) is 2.34. The van der Waals surface area contributed by atoms with Crippen LogP contribution in [0.2, 0.25) is 0 Å². The molecule has 0 fully saturated rings. The van der Waals surface area contributed by atoms with Gasteiger partial charge in [-0.15, -0.1) is 0 Å². The van der Waals surface area contributed by atoms with Gasteiger partial charge in [0, 0.05) is 32.4 Å². The highest BCUT2D eigenvalue weighted by Crippen LogP contribution is 1.99. The number of aliphatic carboxylic acids is 1. The first-order valence-corrected chi connectivity index (χ1v) is 6.51. The summed E-state index contributed by atoms with van der Waals surface area (Å²) in [4.78, 5) is 43.9. The van der Waals surface area contributed by atoms with Gasteiger partial charge in [-0.05, 0) is 19.8 Å². The standard InChI is InChI=1S/C12H21N3O5/c1-2-13-9(16)7-8-14-12(20)15-10(17)5-3-4-6-11(18)19/h2-8H2,1H3,(H,13,16)(H,18,19)(H2,14,15,17,20). The predicted octanol–water partition coefficient (Wildman–Crippen LogP) is -0.0166. The zero-order valence-corrected chi connectivity index (χ0v) is 11.5. The topological polar surface area (TPSA) is 125 Å². The minimum absolute atomic E-state index is 0.00597. The maximum absolute atomic E-state index is 11.3. The summed E-state index contributed by atoms with van der Waals surface area (Å²) in [5.41, 5.74) is 0. The van der Waals surface area contributed by atoms with Gasteiger partial charge in [-0.3, -0.25) is 19.7 Å². The number of hydrogen-bond acceptors (Lipinski definition) is 4. The number of carboxylic acids is 1. The fourth-order valence-electron chi connectivity index (χ4n) is 1.37. The Labute approximate surface area is 117 Å². The molecule has 0 aliphatic rings. The van der Waals surface area contributed by atoms with Crippen LogP contribution >= 0.6 is 0 Å². The third-order valence-corrected chi connectivity index (χ3v) is 2.31. The normalized spacial score (nSPS) is 9.65.